The maximum Gasteiger partial charge on any atom is 0.416 e. The maximum absolute atomic E-state index is 16.6. The van der Waals surface area contributed by atoms with Gasteiger partial charge in [0.2, 0.25) is 5.91 Å². The second-order valence-corrected chi connectivity index (χ2v) is 13.9. The van der Waals surface area contributed by atoms with E-state index in [2.05, 4.69) is 5.32 Å². The SMILES string of the molecule is Cc1cc(F)cc(C)c1-c1cc(C2CC2)c(F)c([C@H](CC(=O)O)NC(=O)C(CC(C)C)n2cc(CCN3CCC3)c(C(F)(F)F)cc2=O)c1F. The number of carboxylic acids is 1. The molecule has 2 atom stereocenters. The minimum absolute atomic E-state index is 0.0395. The van der Waals surface area contributed by atoms with Crippen molar-refractivity contribution in [1.82, 2.24) is 14.8 Å². The average Bonchev–Trinajstić information content (AvgIpc) is 3.81. The van der Waals surface area contributed by atoms with E-state index in [1.54, 1.807) is 27.7 Å². The first-order chi connectivity index (χ1) is 23.5. The zero-order valence-electron chi connectivity index (χ0n) is 28.4. The van der Waals surface area contributed by atoms with Gasteiger partial charge in [0.25, 0.3) is 5.56 Å². The predicted octanol–water partition coefficient (Wildman–Crippen LogP) is 7.61. The number of aliphatic carboxylic acids is 1. The van der Waals surface area contributed by atoms with Gasteiger partial charge in [0.15, 0.2) is 0 Å². The summed E-state index contributed by atoms with van der Waals surface area (Å²) in [7, 11) is 0. The van der Waals surface area contributed by atoms with Crippen LogP contribution in [0.15, 0.2) is 35.3 Å². The van der Waals surface area contributed by atoms with E-state index in [1.807, 2.05) is 4.90 Å². The quantitative estimate of drug-likeness (QED) is 0.179. The Kier molecular flexibility index (Phi) is 10.9. The summed E-state index contributed by atoms with van der Waals surface area (Å²) in [5, 5.41) is 12.3. The van der Waals surface area contributed by atoms with E-state index in [1.165, 1.54) is 18.2 Å². The fourth-order valence-electron chi connectivity index (χ4n) is 6.84. The van der Waals surface area contributed by atoms with Crippen molar-refractivity contribution in [3.8, 4) is 11.1 Å². The second kappa shape index (κ2) is 14.6. The third-order valence-corrected chi connectivity index (χ3v) is 9.54. The maximum atomic E-state index is 16.6. The molecule has 0 radical (unpaired) electrons. The fourth-order valence-corrected chi connectivity index (χ4v) is 6.84. The molecule has 2 aliphatic rings. The van der Waals surface area contributed by atoms with Crippen LogP contribution < -0.4 is 10.9 Å². The van der Waals surface area contributed by atoms with Crippen LogP contribution in [0.25, 0.3) is 11.1 Å². The molecule has 3 aromatic rings. The highest BCUT2D eigenvalue weighted by Crippen LogP contribution is 2.46. The second-order valence-electron chi connectivity index (χ2n) is 13.9. The Balaban J connectivity index is 1.60. The van der Waals surface area contributed by atoms with Gasteiger partial charge in [-0.1, -0.05) is 13.8 Å². The number of likely N-dealkylation sites (tertiary alicyclic amines) is 1. The Morgan fingerprint density at radius 2 is 1.64 bits per heavy atom. The zero-order chi connectivity index (χ0) is 36.7. The van der Waals surface area contributed by atoms with E-state index in [4.69, 9.17) is 0 Å². The van der Waals surface area contributed by atoms with Crippen LogP contribution in [0.1, 0.15) is 97.3 Å². The molecule has 2 heterocycles. The summed E-state index contributed by atoms with van der Waals surface area (Å²) in [4.78, 5) is 41.4. The van der Waals surface area contributed by atoms with E-state index in [0.29, 0.717) is 42.1 Å². The molecule has 1 saturated carbocycles. The van der Waals surface area contributed by atoms with Crippen LogP contribution in [0.5, 0.6) is 0 Å². The lowest BCUT2D eigenvalue weighted by molar-refractivity contribution is -0.139. The number of pyridine rings is 1. The predicted molar refractivity (Wildman–Crippen MR) is 175 cm³/mol. The van der Waals surface area contributed by atoms with Crippen molar-refractivity contribution in [2.75, 3.05) is 19.6 Å². The summed E-state index contributed by atoms with van der Waals surface area (Å²) in [6, 6.07) is 1.03. The Morgan fingerprint density at radius 1 is 1.00 bits per heavy atom. The summed E-state index contributed by atoms with van der Waals surface area (Å²) in [5.41, 5.74) is -2.00. The van der Waals surface area contributed by atoms with Crippen molar-refractivity contribution in [1.29, 1.82) is 0 Å². The molecule has 0 spiro atoms. The number of amides is 1. The van der Waals surface area contributed by atoms with Crippen molar-refractivity contribution >= 4 is 11.9 Å². The highest BCUT2D eigenvalue weighted by Gasteiger charge is 2.38. The van der Waals surface area contributed by atoms with Gasteiger partial charge >= 0.3 is 12.1 Å². The lowest BCUT2D eigenvalue weighted by atomic mass is 9.88. The van der Waals surface area contributed by atoms with E-state index >= 15 is 8.78 Å². The Bertz CT molecular complexity index is 1820. The summed E-state index contributed by atoms with van der Waals surface area (Å²) < 4.78 is 90.2. The lowest BCUT2D eigenvalue weighted by Crippen LogP contribution is -2.41. The van der Waals surface area contributed by atoms with Crippen LogP contribution in [0, 0.1) is 37.2 Å². The number of carbonyl (C=O) groups excluding carboxylic acids is 1. The molecule has 2 aromatic carbocycles. The molecule has 1 aliphatic carbocycles. The van der Waals surface area contributed by atoms with Crippen LogP contribution in [-0.4, -0.2) is 46.1 Å². The van der Waals surface area contributed by atoms with Crippen LogP contribution in [-0.2, 0) is 22.2 Å². The van der Waals surface area contributed by atoms with Crippen molar-refractivity contribution in [2.45, 2.75) is 90.4 Å². The Labute approximate surface area is 286 Å². The Hall–Kier alpha value is -4.13. The molecule has 7 nitrogen and oxygen atoms in total. The summed E-state index contributed by atoms with van der Waals surface area (Å²) in [5.74, 6) is -5.71. The van der Waals surface area contributed by atoms with Gasteiger partial charge in [0.1, 0.15) is 23.5 Å². The number of aromatic nitrogens is 1. The van der Waals surface area contributed by atoms with Crippen LogP contribution in [0.2, 0.25) is 0 Å². The lowest BCUT2D eigenvalue weighted by Gasteiger charge is -2.31. The molecule has 1 saturated heterocycles. The highest BCUT2D eigenvalue weighted by molar-refractivity contribution is 5.82. The smallest absolute Gasteiger partial charge is 0.416 e. The van der Waals surface area contributed by atoms with E-state index < -0.39 is 70.7 Å². The molecule has 5 rings (SSSR count). The molecule has 270 valence electrons. The topological polar surface area (TPSA) is 91.6 Å². The number of rotatable bonds is 13. The minimum atomic E-state index is -4.83. The molecule has 50 heavy (non-hydrogen) atoms. The number of carbonyl (C=O) groups is 2. The van der Waals surface area contributed by atoms with Crippen molar-refractivity contribution in [2.24, 2.45) is 5.92 Å². The molecular weight excluding hydrogens is 664 g/mol. The van der Waals surface area contributed by atoms with Crippen LogP contribution in [0.3, 0.4) is 0 Å². The van der Waals surface area contributed by atoms with Gasteiger partial charge in [-0.3, -0.25) is 14.4 Å². The summed E-state index contributed by atoms with van der Waals surface area (Å²) in [6.07, 6.45) is -2.70. The van der Waals surface area contributed by atoms with Gasteiger partial charge in [-0.05, 0) is 117 Å². The molecule has 13 heteroatoms. The van der Waals surface area contributed by atoms with E-state index in [9.17, 15) is 37.1 Å². The number of hydrogen-bond acceptors (Lipinski definition) is 4. The minimum Gasteiger partial charge on any atom is -0.481 e. The number of benzene rings is 2. The van der Waals surface area contributed by atoms with Gasteiger partial charge in [-0.25, -0.2) is 13.2 Å². The van der Waals surface area contributed by atoms with E-state index in [0.717, 1.165) is 30.3 Å². The number of aryl methyl sites for hydroxylation is 2. The molecule has 2 fully saturated rings. The number of nitrogens with zero attached hydrogens (tertiary/aromatic N) is 2. The molecule has 1 unspecified atom stereocenters. The summed E-state index contributed by atoms with van der Waals surface area (Å²) >= 11 is 0. The first kappa shape index (κ1) is 37.1. The largest absolute Gasteiger partial charge is 0.481 e. The number of halogens is 6. The monoisotopic (exact) mass is 705 g/mol. The molecule has 0 bridgehead atoms. The number of alkyl halides is 3. The van der Waals surface area contributed by atoms with Crippen LogP contribution in [0.4, 0.5) is 26.3 Å². The van der Waals surface area contributed by atoms with Crippen LogP contribution >= 0.6 is 0 Å². The fraction of sp³-hybridized carbons (Fsp3) is 0.486. The van der Waals surface area contributed by atoms with Crippen molar-refractivity contribution in [3.05, 3.63) is 91.6 Å². The van der Waals surface area contributed by atoms with E-state index in [-0.39, 0.29) is 41.4 Å². The molecule has 2 N–H and O–H groups in total. The van der Waals surface area contributed by atoms with Gasteiger partial charge in [0, 0.05) is 29.9 Å². The summed E-state index contributed by atoms with van der Waals surface area (Å²) in [6.45, 7) is 8.38. The van der Waals surface area contributed by atoms with Crippen molar-refractivity contribution in [3.63, 3.8) is 0 Å². The van der Waals surface area contributed by atoms with Gasteiger partial charge in [-0.2, -0.15) is 13.2 Å². The van der Waals surface area contributed by atoms with Gasteiger partial charge < -0.3 is 19.9 Å². The van der Waals surface area contributed by atoms with Gasteiger partial charge in [-0.15, -0.1) is 0 Å². The molecule has 1 aliphatic heterocycles. The van der Waals surface area contributed by atoms with Crippen molar-refractivity contribution < 1.29 is 41.0 Å². The number of nitrogens with one attached hydrogen (secondary N) is 1. The molecular formula is C37H41F6N3O4. The number of hydrogen-bond donors (Lipinski definition) is 2. The third-order valence-electron chi connectivity index (χ3n) is 9.54. The standard InChI is InChI=1S/C37H41F6N3O4/c1-19(2)12-29(46-18-23(8-11-45-9-5-10-45)27(16-30(46)47)37(41,42)43)36(50)44-28(17-31(48)49)33-34(39)25(22-6-7-22)15-26(35(33)40)32-20(3)13-24(38)14-21(32)4/h13-16,18-19,22,28-29H,5-12,17H2,1-4H3,(H,44,50)(H,48,49)/t28-,29?/m0/s1. The zero-order valence-corrected chi connectivity index (χ0v) is 28.4. The molecule has 1 amide bonds. The third kappa shape index (κ3) is 8.08. The van der Waals surface area contributed by atoms with Gasteiger partial charge in [0.05, 0.1) is 18.0 Å². The average molecular weight is 706 g/mol. The Morgan fingerprint density at radius 3 is 2.16 bits per heavy atom. The first-order valence-electron chi connectivity index (χ1n) is 16.8. The normalized spacial score (nSPS) is 16.3. The number of carboxylic acid groups (broad SMARTS) is 1. The molecule has 1 aromatic heterocycles. The highest BCUT2D eigenvalue weighted by atomic mass is 19.4. The first-order valence-corrected chi connectivity index (χ1v) is 16.8.